The second kappa shape index (κ2) is 11.7. The first-order valence-corrected chi connectivity index (χ1v) is 9.43. The molecule has 0 fully saturated rings. The summed E-state index contributed by atoms with van der Waals surface area (Å²) >= 11 is 0. The first-order valence-electron chi connectivity index (χ1n) is 9.43. The Hall–Kier alpha value is -0.780. The Labute approximate surface area is 146 Å². The number of rotatable bonds is 14. The first-order chi connectivity index (χ1) is 11.3. The summed E-state index contributed by atoms with van der Waals surface area (Å²) in [6.07, 6.45) is 3.57. The molecule has 24 heavy (non-hydrogen) atoms. The first kappa shape index (κ1) is 23.2. The second-order valence-corrected chi connectivity index (χ2v) is 6.80. The van der Waals surface area contributed by atoms with E-state index in [9.17, 15) is 24.9 Å². The number of aliphatic hydroxyl groups is 3. The van der Waals surface area contributed by atoms with Crippen LogP contribution in [0.2, 0.25) is 0 Å². The topological polar surface area (TPSA) is 94.8 Å². The van der Waals surface area contributed by atoms with Crippen LogP contribution in [0, 0.1) is 11.8 Å². The molecule has 0 radical (unpaired) electrons. The van der Waals surface area contributed by atoms with Gasteiger partial charge in [0, 0.05) is 11.8 Å². The highest BCUT2D eigenvalue weighted by atomic mass is 16.4. The monoisotopic (exact) mass is 344 g/mol. The zero-order chi connectivity index (χ0) is 18.8. The van der Waals surface area contributed by atoms with E-state index in [1.807, 2.05) is 27.7 Å². The molecule has 0 aromatic rings. The van der Waals surface area contributed by atoms with Gasteiger partial charge in [-0.25, -0.2) is 0 Å². The average Bonchev–Trinajstić information content (AvgIpc) is 2.58. The summed E-state index contributed by atoms with van der Waals surface area (Å²) in [7, 11) is 0. The van der Waals surface area contributed by atoms with Crippen LogP contribution in [0.3, 0.4) is 0 Å². The van der Waals surface area contributed by atoms with Crippen LogP contribution in [0.5, 0.6) is 0 Å². The van der Waals surface area contributed by atoms with E-state index in [-0.39, 0.29) is 0 Å². The van der Waals surface area contributed by atoms with Gasteiger partial charge in [-0.2, -0.15) is 0 Å². The van der Waals surface area contributed by atoms with Crippen molar-refractivity contribution < 1.29 is 24.9 Å². The minimum Gasteiger partial charge on any atom is -0.393 e. The van der Waals surface area contributed by atoms with Gasteiger partial charge in [0.2, 0.25) is 0 Å². The third kappa shape index (κ3) is 5.94. The Balaban J connectivity index is 5.42. The van der Waals surface area contributed by atoms with Crippen molar-refractivity contribution in [1.29, 1.82) is 0 Å². The molecular formula is C19H36O5. The number of carbonyl (C=O) groups is 2. The van der Waals surface area contributed by atoms with Gasteiger partial charge in [0.15, 0.2) is 23.3 Å². The lowest BCUT2D eigenvalue weighted by atomic mass is 9.77. The SMILES string of the molecule is CCCC(CCC)C(=O)C(O)C(O)(CO)C(=O)C(CCC)CCC. The van der Waals surface area contributed by atoms with E-state index in [1.54, 1.807) is 0 Å². The molecule has 2 atom stereocenters. The number of aliphatic hydroxyl groups excluding tert-OH is 2. The Kier molecular flexibility index (Phi) is 11.3. The molecule has 0 spiro atoms. The van der Waals surface area contributed by atoms with Gasteiger partial charge >= 0.3 is 0 Å². The molecule has 0 aliphatic rings. The highest BCUT2D eigenvalue weighted by Crippen LogP contribution is 2.27. The normalized spacial score (nSPS) is 15.5. The summed E-state index contributed by atoms with van der Waals surface area (Å²) in [5.41, 5.74) is -2.40. The molecule has 0 bridgehead atoms. The van der Waals surface area contributed by atoms with E-state index in [2.05, 4.69) is 0 Å². The molecule has 0 saturated heterocycles. The van der Waals surface area contributed by atoms with Gasteiger partial charge in [-0.05, 0) is 25.7 Å². The molecule has 5 nitrogen and oxygen atoms in total. The summed E-state index contributed by atoms with van der Waals surface area (Å²) in [4.78, 5) is 25.3. The van der Waals surface area contributed by atoms with Crippen LogP contribution in [0.1, 0.15) is 79.1 Å². The predicted molar refractivity (Wildman–Crippen MR) is 94.7 cm³/mol. The van der Waals surface area contributed by atoms with Crippen LogP contribution in [-0.2, 0) is 9.59 Å². The Morgan fingerprint density at radius 3 is 1.54 bits per heavy atom. The molecule has 3 N–H and O–H groups in total. The molecule has 0 aromatic carbocycles. The number of hydrogen-bond acceptors (Lipinski definition) is 5. The molecule has 0 aliphatic heterocycles. The van der Waals surface area contributed by atoms with E-state index in [0.717, 1.165) is 25.7 Å². The average molecular weight is 344 g/mol. The maximum atomic E-state index is 12.7. The van der Waals surface area contributed by atoms with Crippen molar-refractivity contribution in [2.45, 2.75) is 90.8 Å². The number of Topliss-reactive ketones (excluding diaryl/α,β-unsaturated/α-hetero) is 2. The molecule has 0 amide bonds. The van der Waals surface area contributed by atoms with Crippen LogP contribution in [-0.4, -0.2) is 45.2 Å². The summed E-state index contributed by atoms with van der Waals surface area (Å²) in [6.45, 7) is 6.84. The molecular weight excluding hydrogens is 308 g/mol. The standard InChI is InChI=1S/C19H36O5/c1-5-9-14(10-6-2)16(21)18(23)19(24,13-20)17(22)15(11-7-3)12-8-4/h14-15,18,20,23-24H,5-13H2,1-4H3. The van der Waals surface area contributed by atoms with E-state index in [1.165, 1.54) is 0 Å². The van der Waals surface area contributed by atoms with Crippen LogP contribution >= 0.6 is 0 Å². The second-order valence-electron chi connectivity index (χ2n) is 6.80. The van der Waals surface area contributed by atoms with E-state index < -0.39 is 41.7 Å². The van der Waals surface area contributed by atoms with Crippen LogP contribution in [0.15, 0.2) is 0 Å². The largest absolute Gasteiger partial charge is 0.393 e. The summed E-state index contributed by atoms with van der Waals surface area (Å²) in [5.74, 6) is -1.98. The van der Waals surface area contributed by atoms with Gasteiger partial charge < -0.3 is 15.3 Å². The predicted octanol–water partition coefficient (Wildman–Crippen LogP) is 2.64. The van der Waals surface area contributed by atoms with Crippen LogP contribution in [0.25, 0.3) is 0 Å². The third-order valence-corrected chi connectivity index (χ3v) is 4.71. The van der Waals surface area contributed by atoms with Gasteiger partial charge in [0.25, 0.3) is 0 Å². The maximum Gasteiger partial charge on any atom is 0.179 e. The molecule has 0 aromatic heterocycles. The lowest BCUT2D eigenvalue weighted by molar-refractivity contribution is -0.171. The zero-order valence-corrected chi connectivity index (χ0v) is 15.8. The van der Waals surface area contributed by atoms with E-state index in [4.69, 9.17) is 0 Å². The molecule has 0 aliphatic carbocycles. The molecule has 0 saturated carbocycles. The minimum absolute atomic E-state index is 0.392. The van der Waals surface area contributed by atoms with Gasteiger partial charge in [-0.1, -0.05) is 53.4 Å². The lowest BCUT2D eigenvalue weighted by Crippen LogP contribution is -2.59. The third-order valence-electron chi connectivity index (χ3n) is 4.71. The number of hydrogen-bond donors (Lipinski definition) is 3. The fraction of sp³-hybridized carbons (Fsp3) is 0.895. The van der Waals surface area contributed by atoms with Crippen molar-refractivity contribution in [1.82, 2.24) is 0 Å². The fourth-order valence-corrected chi connectivity index (χ4v) is 3.34. The molecule has 0 heterocycles. The van der Waals surface area contributed by atoms with Gasteiger partial charge in [-0.15, -0.1) is 0 Å². The smallest absolute Gasteiger partial charge is 0.179 e. The van der Waals surface area contributed by atoms with Crippen molar-refractivity contribution in [2.75, 3.05) is 6.61 Å². The van der Waals surface area contributed by atoms with Crippen molar-refractivity contribution in [2.24, 2.45) is 11.8 Å². The quantitative estimate of drug-likeness (QED) is 0.450. The molecule has 2 unspecified atom stereocenters. The fourth-order valence-electron chi connectivity index (χ4n) is 3.34. The Morgan fingerprint density at radius 1 is 0.833 bits per heavy atom. The summed E-state index contributed by atoms with van der Waals surface area (Å²) in [5, 5.41) is 30.7. The highest BCUT2D eigenvalue weighted by Gasteiger charge is 2.49. The van der Waals surface area contributed by atoms with Crippen LogP contribution < -0.4 is 0 Å². The summed E-state index contributed by atoms with van der Waals surface area (Å²) < 4.78 is 0. The Bertz CT molecular complexity index is 370. The van der Waals surface area contributed by atoms with Crippen molar-refractivity contribution in [3.8, 4) is 0 Å². The van der Waals surface area contributed by atoms with E-state index in [0.29, 0.717) is 25.7 Å². The Morgan fingerprint density at radius 2 is 1.21 bits per heavy atom. The van der Waals surface area contributed by atoms with Crippen LogP contribution in [0.4, 0.5) is 0 Å². The van der Waals surface area contributed by atoms with Gasteiger partial charge in [-0.3, -0.25) is 9.59 Å². The van der Waals surface area contributed by atoms with Gasteiger partial charge in [0.05, 0.1) is 6.61 Å². The summed E-state index contributed by atoms with van der Waals surface area (Å²) in [6, 6.07) is 0. The zero-order valence-electron chi connectivity index (χ0n) is 15.8. The van der Waals surface area contributed by atoms with Crippen molar-refractivity contribution >= 4 is 11.6 Å². The van der Waals surface area contributed by atoms with Crippen molar-refractivity contribution in [3.05, 3.63) is 0 Å². The molecule has 0 rings (SSSR count). The molecule has 5 heteroatoms. The number of carbonyl (C=O) groups excluding carboxylic acids is 2. The maximum absolute atomic E-state index is 12.7. The highest BCUT2D eigenvalue weighted by molar-refractivity contribution is 5.98. The van der Waals surface area contributed by atoms with E-state index >= 15 is 0 Å². The molecule has 142 valence electrons. The van der Waals surface area contributed by atoms with Crippen molar-refractivity contribution in [3.63, 3.8) is 0 Å². The number of ketones is 2. The lowest BCUT2D eigenvalue weighted by Gasteiger charge is -2.33. The van der Waals surface area contributed by atoms with Gasteiger partial charge in [0.1, 0.15) is 0 Å². The minimum atomic E-state index is -2.40.